The Morgan fingerprint density at radius 1 is 1.39 bits per heavy atom. The third-order valence-corrected chi connectivity index (χ3v) is 3.05. The molecule has 0 radical (unpaired) electrons. The van der Waals surface area contributed by atoms with Crippen molar-refractivity contribution >= 4 is 5.91 Å². The summed E-state index contributed by atoms with van der Waals surface area (Å²) in [4.78, 5) is 14.0. The van der Waals surface area contributed by atoms with Gasteiger partial charge in [0.05, 0.1) is 17.9 Å². The van der Waals surface area contributed by atoms with Crippen molar-refractivity contribution in [3.8, 4) is 6.07 Å². The van der Waals surface area contributed by atoms with Crippen molar-refractivity contribution in [1.29, 1.82) is 5.26 Å². The van der Waals surface area contributed by atoms with Gasteiger partial charge in [0.2, 0.25) is 5.91 Å². The van der Waals surface area contributed by atoms with Crippen molar-refractivity contribution in [2.45, 2.75) is 26.2 Å². The van der Waals surface area contributed by atoms with E-state index in [1.54, 1.807) is 11.9 Å². The van der Waals surface area contributed by atoms with E-state index in [9.17, 15) is 4.79 Å². The van der Waals surface area contributed by atoms with Gasteiger partial charge in [0.15, 0.2) is 0 Å². The van der Waals surface area contributed by atoms with Gasteiger partial charge < -0.3 is 4.90 Å². The van der Waals surface area contributed by atoms with E-state index in [0.29, 0.717) is 6.54 Å². The van der Waals surface area contributed by atoms with Crippen molar-refractivity contribution in [3.05, 3.63) is 35.9 Å². The van der Waals surface area contributed by atoms with Crippen LogP contribution in [0.5, 0.6) is 0 Å². The van der Waals surface area contributed by atoms with Crippen LogP contribution in [0.25, 0.3) is 0 Å². The van der Waals surface area contributed by atoms with Gasteiger partial charge in [-0.2, -0.15) is 5.26 Å². The van der Waals surface area contributed by atoms with Crippen LogP contribution in [-0.4, -0.2) is 24.4 Å². The van der Waals surface area contributed by atoms with Gasteiger partial charge in [0, 0.05) is 13.6 Å². The molecule has 0 heterocycles. The Labute approximate surface area is 109 Å². The van der Waals surface area contributed by atoms with Gasteiger partial charge in [-0.15, -0.1) is 0 Å². The second-order valence-electron chi connectivity index (χ2n) is 4.62. The summed E-state index contributed by atoms with van der Waals surface area (Å²) in [5.74, 6) is -0.153. The van der Waals surface area contributed by atoms with Crippen LogP contribution in [0.1, 0.15) is 31.7 Å². The summed E-state index contributed by atoms with van der Waals surface area (Å²) in [5, 5.41) is 8.79. The molecule has 0 N–H and O–H groups in total. The van der Waals surface area contributed by atoms with Gasteiger partial charge in [0.1, 0.15) is 0 Å². The van der Waals surface area contributed by atoms with Gasteiger partial charge in [-0.1, -0.05) is 37.3 Å². The molecule has 2 unspecified atom stereocenters. The Kier molecular flexibility index (Phi) is 5.38. The molecular weight excluding hydrogens is 224 g/mol. The van der Waals surface area contributed by atoms with E-state index < -0.39 is 0 Å². The Morgan fingerprint density at radius 3 is 2.50 bits per heavy atom. The molecule has 0 spiro atoms. The van der Waals surface area contributed by atoms with Crippen molar-refractivity contribution in [3.63, 3.8) is 0 Å². The minimum Gasteiger partial charge on any atom is -0.344 e. The zero-order chi connectivity index (χ0) is 13.5. The first-order chi connectivity index (χ1) is 8.60. The normalized spacial score (nSPS) is 13.4. The summed E-state index contributed by atoms with van der Waals surface area (Å²) in [5.41, 5.74) is 1.04. The standard InChI is InChI=1S/C15H20N2O/c1-4-14(13-8-6-5-7-9-13)15(18)17(3)11-12(2)10-16/h5-9,12,14H,4,11H2,1-3H3. The van der Waals surface area contributed by atoms with Crippen LogP contribution in [0.15, 0.2) is 30.3 Å². The number of carbonyl (C=O) groups excluding carboxylic acids is 1. The fourth-order valence-corrected chi connectivity index (χ4v) is 2.05. The molecule has 0 bridgehead atoms. The molecule has 1 aromatic rings. The largest absolute Gasteiger partial charge is 0.344 e. The van der Waals surface area contributed by atoms with Gasteiger partial charge in [-0.05, 0) is 18.9 Å². The summed E-state index contributed by atoms with van der Waals surface area (Å²) in [7, 11) is 1.77. The first kappa shape index (κ1) is 14.2. The lowest BCUT2D eigenvalue weighted by atomic mass is 9.95. The fourth-order valence-electron chi connectivity index (χ4n) is 2.05. The van der Waals surface area contributed by atoms with Crippen LogP contribution in [0.4, 0.5) is 0 Å². The zero-order valence-electron chi connectivity index (χ0n) is 11.3. The second-order valence-corrected chi connectivity index (χ2v) is 4.62. The van der Waals surface area contributed by atoms with Crippen LogP contribution in [0, 0.1) is 17.2 Å². The summed E-state index contributed by atoms with van der Waals surface area (Å²) in [6.45, 7) is 4.32. The lowest BCUT2D eigenvalue weighted by molar-refractivity contribution is -0.131. The van der Waals surface area contributed by atoms with Crippen LogP contribution in [-0.2, 0) is 4.79 Å². The number of amides is 1. The van der Waals surface area contributed by atoms with Gasteiger partial charge in [0.25, 0.3) is 0 Å². The van der Waals surface area contributed by atoms with Crippen molar-refractivity contribution in [2.75, 3.05) is 13.6 Å². The Morgan fingerprint density at radius 2 is 2.00 bits per heavy atom. The van der Waals surface area contributed by atoms with E-state index in [4.69, 9.17) is 5.26 Å². The second kappa shape index (κ2) is 6.80. The lowest BCUT2D eigenvalue weighted by Crippen LogP contribution is -2.34. The molecule has 2 atom stereocenters. The van der Waals surface area contributed by atoms with Gasteiger partial charge in [-0.25, -0.2) is 0 Å². The average Bonchev–Trinajstić information content (AvgIpc) is 2.40. The molecule has 0 saturated carbocycles. The SMILES string of the molecule is CCC(C(=O)N(C)CC(C)C#N)c1ccccc1. The molecule has 0 aliphatic carbocycles. The summed E-state index contributed by atoms with van der Waals surface area (Å²) >= 11 is 0. The summed E-state index contributed by atoms with van der Waals surface area (Å²) in [6, 6.07) is 12.0. The number of carbonyl (C=O) groups is 1. The Balaban J connectivity index is 2.78. The minimum absolute atomic E-state index is 0.0887. The number of nitrogens with zero attached hydrogens (tertiary/aromatic N) is 2. The summed E-state index contributed by atoms with van der Waals surface area (Å²) < 4.78 is 0. The molecule has 1 amide bonds. The van der Waals surface area contributed by atoms with E-state index in [0.717, 1.165) is 12.0 Å². The maximum absolute atomic E-state index is 12.3. The first-order valence-corrected chi connectivity index (χ1v) is 6.29. The van der Waals surface area contributed by atoms with Crippen LogP contribution in [0.3, 0.4) is 0 Å². The van der Waals surface area contributed by atoms with E-state index in [-0.39, 0.29) is 17.7 Å². The highest BCUT2D eigenvalue weighted by Gasteiger charge is 2.22. The number of hydrogen-bond donors (Lipinski definition) is 0. The third-order valence-electron chi connectivity index (χ3n) is 3.05. The monoisotopic (exact) mass is 244 g/mol. The maximum Gasteiger partial charge on any atom is 0.229 e. The average molecular weight is 244 g/mol. The van der Waals surface area contributed by atoms with Crippen LogP contribution in [0.2, 0.25) is 0 Å². The van der Waals surface area contributed by atoms with E-state index in [1.807, 2.05) is 44.2 Å². The van der Waals surface area contributed by atoms with Crippen LogP contribution < -0.4 is 0 Å². The fraction of sp³-hybridized carbons (Fsp3) is 0.467. The Hall–Kier alpha value is -1.82. The molecule has 0 aromatic heterocycles. The lowest BCUT2D eigenvalue weighted by Gasteiger charge is -2.24. The van der Waals surface area contributed by atoms with E-state index >= 15 is 0 Å². The Bertz CT molecular complexity index is 422. The topological polar surface area (TPSA) is 44.1 Å². The molecule has 18 heavy (non-hydrogen) atoms. The number of likely N-dealkylation sites (N-methyl/N-ethyl adjacent to an activating group) is 1. The molecule has 1 rings (SSSR count). The molecular formula is C15H20N2O. The smallest absolute Gasteiger partial charge is 0.229 e. The molecule has 3 heteroatoms. The predicted molar refractivity (Wildman–Crippen MR) is 71.9 cm³/mol. The zero-order valence-corrected chi connectivity index (χ0v) is 11.3. The predicted octanol–water partition coefficient (Wildman–Crippen LogP) is 2.80. The molecule has 0 saturated heterocycles. The maximum atomic E-state index is 12.3. The molecule has 1 aromatic carbocycles. The van der Waals surface area contributed by atoms with Crippen LogP contribution >= 0.6 is 0 Å². The minimum atomic E-state index is -0.132. The highest BCUT2D eigenvalue weighted by Crippen LogP contribution is 2.21. The van der Waals surface area contributed by atoms with Gasteiger partial charge in [-0.3, -0.25) is 4.79 Å². The highest BCUT2D eigenvalue weighted by atomic mass is 16.2. The third kappa shape index (κ3) is 3.59. The van der Waals surface area contributed by atoms with Crippen molar-refractivity contribution < 1.29 is 4.79 Å². The van der Waals surface area contributed by atoms with E-state index in [1.165, 1.54) is 0 Å². The number of hydrogen-bond acceptors (Lipinski definition) is 2. The molecule has 0 fully saturated rings. The van der Waals surface area contributed by atoms with Gasteiger partial charge >= 0.3 is 0 Å². The summed E-state index contributed by atoms with van der Waals surface area (Å²) in [6.07, 6.45) is 0.772. The highest BCUT2D eigenvalue weighted by molar-refractivity contribution is 5.83. The quantitative estimate of drug-likeness (QED) is 0.799. The molecule has 0 aliphatic heterocycles. The molecule has 96 valence electrons. The number of nitriles is 1. The number of rotatable bonds is 5. The van der Waals surface area contributed by atoms with E-state index in [2.05, 4.69) is 6.07 Å². The first-order valence-electron chi connectivity index (χ1n) is 6.29. The van der Waals surface area contributed by atoms with Crippen molar-refractivity contribution in [2.24, 2.45) is 5.92 Å². The van der Waals surface area contributed by atoms with Crippen molar-refractivity contribution in [1.82, 2.24) is 4.90 Å². The molecule has 0 aliphatic rings. The number of benzene rings is 1. The molecule has 3 nitrogen and oxygen atoms in total.